The molecule has 4 heteroatoms. The van der Waals surface area contributed by atoms with Crippen molar-refractivity contribution in [2.75, 3.05) is 0 Å². The third-order valence-corrected chi connectivity index (χ3v) is 9.39. The summed E-state index contributed by atoms with van der Waals surface area (Å²) in [6, 6.07) is 46.8. The third kappa shape index (κ3) is 5.31. The van der Waals surface area contributed by atoms with E-state index in [2.05, 4.69) is 54.6 Å². The standard InChI is InChI=1S/C47H29N3O/c1-2-8-30(9-3-1)32-14-16-33(17-15-32)34-18-21-35(22-19-34)45-48-46(39-23-20-31-10-4-5-11-36(31)26-39)50-47(49-45)40-24-25-43-41(28-40)42-27-37-12-6-7-13-38(37)29-44(42)51-43/h1-29H/i1D,2D,3D,8D,9D. The molecule has 0 amide bonds. The van der Waals surface area contributed by atoms with Gasteiger partial charge in [0.15, 0.2) is 17.5 Å². The van der Waals surface area contributed by atoms with Gasteiger partial charge in [-0.2, -0.15) is 0 Å². The highest BCUT2D eigenvalue weighted by molar-refractivity contribution is 6.10. The molecule has 0 atom stereocenters. The van der Waals surface area contributed by atoms with E-state index in [0.717, 1.165) is 71.3 Å². The zero-order valence-electron chi connectivity index (χ0n) is 32.1. The van der Waals surface area contributed by atoms with Gasteiger partial charge in [0.05, 0.1) is 6.85 Å². The summed E-state index contributed by atoms with van der Waals surface area (Å²) in [5.41, 5.74) is 6.74. The summed E-state index contributed by atoms with van der Waals surface area (Å²) in [7, 11) is 0. The van der Waals surface area contributed by atoms with Gasteiger partial charge in [0.2, 0.25) is 0 Å². The van der Waals surface area contributed by atoms with Crippen molar-refractivity contribution < 1.29 is 11.3 Å². The molecular formula is C47H29N3O. The summed E-state index contributed by atoms with van der Waals surface area (Å²) in [4.78, 5) is 15.1. The van der Waals surface area contributed by atoms with Crippen LogP contribution in [0.4, 0.5) is 0 Å². The topological polar surface area (TPSA) is 51.8 Å². The largest absolute Gasteiger partial charge is 0.456 e. The van der Waals surface area contributed by atoms with Gasteiger partial charge in [0.25, 0.3) is 0 Å². The summed E-state index contributed by atoms with van der Waals surface area (Å²) in [5.74, 6) is 1.64. The fourth-order valence-electron chi connectivity index (χ4n) is 6.73. The zero-order valence-corrected chi connectivity index (χ0v) is 27.1. The molecule has 0 aliphatic rings. The monoisotopic (exact) mass is 656 g/mol. The SMILES string of the molecule is [2H]c1c([2H])c([2H])c(-c2ccc(-c3ccc(-c4nc(-c5ccc6ccccc6c5)nc(-c5ccc6oc7cc8ccccc8cc7c6c5)n4)cc3)cc2)c([2H])c1[2H]. The minimum atomic E-state index is -0.406. The molecule has 10 aromatic rings. The maximum Gasteiger partial charge on any atom is 0.164 e. The summed E-state index contributed by atoms with van der Waals surface area (Å²) >= 11 is 0. The fourth-order valence-corrected chi connectivity index (χ4v) is 6.73. The molecule has 0 aliphatic carbocycles. The maximum atomic E-state index is 8.37. The number of furan rings is 1. The average Bonchev–Trinajstić information content (AvgIpc) is 3.60. The molecule has 0 fully saturated rings. The van der Waals surface area contributed by atoms with Crippen LogP contribution in [0, 0.1) is 0 Å². The Hall–Kier alpha value is -6.91. The van der Waals surface area contributed by atoms with Crippen molar-refractivity contribution in [3.8, 4) is 56.4 Å². The molecule has 0 saturated heterocycles. The molecule has 51 heavy (non-hydrogen) atoms. The number of fused-ring (bicyclic) bond motifs is 5. The first-order chi connectivity index (χ1) is 27.3. The van der Waals surface area contributed by atoms with Crippen molar-refractivity contribution in [3.05, 3.63) is 176 Å². The molecule has 0 radical (unpaired) electrons. The van der Waals surface area contributed by atoms with Crippen LogP contribution in [0.25, 0.3) is 99.9 Å². The Morgan fingerprint density at radius 1 is 0.353 bits per heavy atom. The van der Waals surface area contributed by atoms with Crippen LogP contribution in [0.5, 0.6) is 0 Å². The van der Waals surface area contributed by atoms with E-state index < -0.39 is 6.04 Å². The second-order valence-electron chi connectivity index (χ2n) is 12.5. The number of hydrogen-bond acceptors (Lipinski definition) is 4. The van der Waals surface area contributed by atoms with Crippen molar-refractivity contribution in [3.63, 3.8) is 0 Å². The van der Waals surface area contributed by atoms with Gasteiger partial charge in [0, 0.05) is 27.5 Å². The predicted molar refractivity (Wildman–Crippen MR) is 209 cm³/mol. The van der Waals surface area contributed by atoms with Crippen LogP contribution in [0.2, 0.25) is 0 Å². The first kappa shape index (κ1) is 24.3. The van der Waals surface area contributed by atoms with Crippen LogP contribution in [0.15, 0.2) is 180 Å². The van der Waals surface area contributed by atoms with E-state index >= 15 is 0 Å². The van der Waals surface area contributed by atoms with Crippen molar-refractivity contribution in [2.45, 2.75) is 0 Å². The third-order valence-electron chi connectivity index (χ3n) is 9.39. The van der Waals surface area contributed by atoms with E-state index in [1.807, 2.05) is 78.9 Å². The van der Waals surface area contributed by atoms with E-state index in [0.29, 0.717) is 23.0 Å². The second-order valence-corrected chi connectivity index (χ2v) is 12.5. The molecule has 10 rings (SSSR count). The molecular weight excluding hydrogens is 623 g/mol. The summed E-state index contributed by atoms with van der Waals surface area (Å²) < 4.78 is 47.1. The van der Waals surface area contributed by atoms with Crippen molar-refractivity contribution in [1.29, 1.82) is 0 Å². The van der Waals surface area contributed by atoms with Crippen molar-refractivity contribution in [2.24, 2.45) is 0 Å². The highest BCUT2D eigenvalue weighted by atomic mass is 16.3. The Morgan fingerprint density at radius 3 is 1.49 bits per heavy atom. The molecule has 0 aliphatic heterocycles. The van der Waals surface area contributed by atoms with Gasteiger partial charge in [-0.3, -0.25) is 0 Å². The number of nitrogens with zero attached hydrogens (tertiary/aromatic N) is 3. The highest BCUT2D eigenvalue weighted by Crippen LogP contribution is 2.35. The van der Waals surface area contributed by atoms with Gasteiger partial charge in [-0.15, -0.1) is 0 Å². The van der Waals surface area contributed by atoms with E-state index in [4.69, 9.17) is 26.2 Å². The van der Waals surface area contributed by atoms with E-state index in [-0.39, 0.29) is 29.7 Å². The Labute approximate surface area is 301 Å². The summed E-state index contributed by atoms with van der Waals surface area (Å²) in [6.07, 6.45) is 0. The molecule has 8 aromatic carbocycles. The van der Waals surface area contributed by atoms with Gasteiger partial charge in [0.1, 0.15) is 11.2 Å². The predicted octanol–water partition coefficient (Wildman–Crippen LogP) is 12.4. The highest BCUT2D eigenvalue weighted by Gasteiger charge is 2.16. The second kappa shape index (κ2) is 11.9. The summed E-state index contributed by atoms with van der Waals surface area (Å²) in [5, 5.41) is 6.50. The fraction of sp³-hybridized carbons (Fsp3) is 0. The number of hydrogen-bond donors (Lipinski definition) is 0. The van der Waals surface area contributed by atoms with Crippen LogP contribution in [-0.4, -0.2) is 15.0 Å². The molecule has 238 valence electrons. The Bertz CT molecular complexity index is 3170. The number of rotatable bonds is 5. The summed E-state index contributed by atoms with van der Waals surface area (Å²) in [6.45, 7) is 0. The van der Waals surface area contributed by atoms with Crippen LogP contribution in [0.3, 0.4) is 0 Å². The van der Waals surface area contributed by atoms with Gasteiger partial charge in [-0.05, 0) is 80.2 Å². The average molecular weight is 657 g/mol. The lowest BCUT2D eigenvalue weighted by molar-refractivity contribution is 0.669. The van der Waals surface area contributed by atoms with Crippen LogP contribution < -0.4 is 0 Å². The molecule has 4 nitrogen and oxygen atoms in total. The lowest BCUT2D eigenvalue weighted by atomic mass is 9.99. The minimum absolute atomic E-state index is 0.180. The lowest BCUT2D eigenvalue weighted by Crippen LogP contribution is -2.00. The number of benzene rings is 8. The zero-order chi connectivity index (χ0) is 38.1. The normalized spacial score (nSPS) is 12.9. The lowest BCUT2D eigenvalue weighted by Gasteiger charge is -2.10. The van der Waals surface area contributed by atoms with E-state index in [9.17, 15) is 0 Å². The van der Waals surface area contributed by atoms with Crippen molar-refractivity contribution in [1.82, 2.24) is 15.0 Å². The Morgan fingerprint density at radius 2 is 0.824 bits per heavy atom. The molecule has 2 heterocycles. The maximum absolute atomic E-state index is 8.37. The Kier molecular flexibility index (Phi) is 5.66. The first-order valence-electron chi connectivity index (χ1n) is 19.2. The molecule has 0 N–H and O–H groups in total. The molecule has 2 aromatic heterocycles. The van der Waals surface area contributed by atoms with Gasteiger partial charge < -0.3 is 4.42 Å². The molecule has 0 unspecified atom stereocenters. The van der Waals surface area contributed by atoms with Gasteiger partial charge in [-0.1, -0.05) is 139 Å². The molecule has 0 spiro atoms. The van der Waals surface area contributed by atoms with Crippen LogP contribution in [0.1, 0.15) is 6.85 Å². The smallest absolute Gasteiger partial charge is 0.164 e. The first-order valence-corrected chi connectivity index (χ1v) is 16.7. The van der Waals surface area contributed by atoms with E-state index in [1.165, 1.54) is 0 Å². The van der Waals surface area contributed by atoms with E-state index in [1.54, 1.807) is 12.1 Å². The van der Waals surface area contributed by atoms with Crippen LogP contribution in [-0.2, 0) is 0 Å². The molecule has 0 bridgehead atoms. The minimum Gasteiger partial charge on any atom is -0.456 e. The van der Waals surface area contributed by atoms with Gasteiger partial charge in [-0.25, -0.2) is 15.0 Å². The van der Waals surface area contributed by atoms with Crippen molar-refractivity contribution >= 4 is 43.5 Å². The molecule has 0 saturated carbocycles. The van der Waals surface area contributed by atoms with Crippen LogP contribution >= 0.6 is 0 Å². The Balaban J connectivity index is 1.05. The number of aromatic nitrogens is 3. The van der Waals surface area contributed by atoms with Gasteiger partial charge >= 0.3 is 0 Å². The quantitative estimate of drug-likeness (QED) is 0.185.